The smallest absolute Gasteiger partial charge is 0.245 e. The number of rotatable bonds is 2. The number of hydrogen-bond donors (Lipinski definition) is 0. The molecule has 0 radical (unpaired) electrons. The maximum Gasteiger partial charge on any atom is 0.245 e. The van der Waals surface area contributed by atoms with Gasteiger partial charge in [-0.05, 0) is 33.1 Å². The molecule has 2 amide bonds. The molecule has 0 aromatic rings. The third kappa shape index (κ3) is 2.73. The van der Waals surface area contributed by atoms with E-state index in [2.05, 4.69) is 6.07 Å². The van der Waals surface area contributed by atoms with Crippen LogP contribution >= 0.6 is 0 Å². The summed E-state index contributed by atoms with van der Waals surface area (Å²) < 4.78 is 0. The molecule has 2 heterocycles. The standard InChI is InChI=1S/C14H21N3O2/c1-11(17-7-3-4-12(17)18)13(19)16-8-5-14(2,10-15)6-9-16/h11H,3-9H2,1-2H3/t11-/m0/s1. The highest BCUT2D eigenvalue weighted by atomic mass is 16.2. The Bertz CT molecular complexity index is 419. The zero-order valence-electron chi connectivity index (χ0n) is 11.7. The molecule has 0 N–H and O–H groups in total. The summed E-state index contributed by atoms with van der Waals surface area (Å²) in [6.07, 6.45) is 2.85. The monoisotopic (exact) mass is 263 g/mol. The van der Waals surface area contributed by atoms with Crippen molar-refractivity contribution in [3.8, 4) is 6.07 Å². The van der Waals surface area contributed by atoms with Crippen LogP contribution in [0.25, 0.3) is 0 Å². The van der Waals surface area contributed by atoms with E-state index in [4.69, 9.17) is 5.26 Å². The van der Waals surface area contributed by atoms with E-state index in [1.54, 1.807) is 9.80 Å². The van der Waals surface area contributed by atoms with E-state index in [1.807, 2.05) is 13.8 Å². The third-order valence-electron chi connectivity index (χ3n) is 4.38. The van der Waals surface area contributed by atoms with Crippen LogP contribution in [0.3, 0.4) is 0 Å². The van der Waals surface area contributed by atoms with Crippen molar-refractivity contribution < 1.29 is 9.59 Å². The van der Waals surface area contributed by atoms with Gasteiger partial charge in [0.15, 0.2) is 0 Å². The highest BCUT2D eigenvalue weighted by Gasteiger charge is 2.36. The number of amides is 2. The summed E-state index contributed by atoms with van der Waals surface area (Å²) in [5.41, 5.74) is -0.302. The van der Waals surface area contributed by atoms with Crippen LogP contribution in [-0.4, -0.2) is 47.3 Å². The third-order valence-corrected chi connectivity index (χ3v) is 4.38. The van der Waals surface area contributed by atoms with Gasteiger partial charge in [0.1, 0.15) is 6.04 Å². The highest BCUT2D eigenvalue weighted by molar-refractivity contribution is 5.88. The van der Waals surface area contributed by atoms with Crippen molar-refractivity contribution in [3.63, 3.8) is 0 Å². The van der Waals surface area contributed by atoms with Gasteiger partial charge in [-0.3, -0.25) is 9.59 Å². The van der Waals surface area contributed by atoms with Crippen molar-refractivity contribution in [1.29, 1.82) is 5.26 Å². The number of likely N-dealkylation sites (tertiary alicyclic amines) is 2. The predicted octanol–water partition coefficient (Wildman–Crippen LogP) is 1.15. The Kier molecular flexibility index (Phi) is 3.79. The van der Waals surface area contributed by atoms with E-state index in [9.17, 15) is 9.59 Å². The molecular weight excluding hydrogens is 242 g/mol. The van der Waals surface area contributed by atoms with Gasteiger partial charge >= 0.3 is 0 Å². The minimum absolute atomic E-state index is 0.0234. The van der Waals surface area contributed by atoms with Gasteiger partial charge in [-0.25, -0.2) is 0 Å². The van der Waals surface area contributed by atoms with Crippen molar-refractivity contribution in [2.75, 3.05) is 19.6 Å². The first-order valence-electron chi connectivity index (χ1n) is 6.96. The van der Waals surface area contributed by atoms with Crippen molar-refractivity contribution in [2.24, 2.45) is 5.41 Å². The molecule has 5 heteroatoms. The fourth-order valence-electron chi connectivity index (χ4n) is 2.81. The number of hydrogen-bond acceptors (Lipinski definition) is 3. The first kappa shape index (κ1) is 13.9. The summed E-state index contributed by atoms with van der Waals surface area (Å²) in [5, 5.41) is 9.09. The Balaban J connectivity index is 1.94. The maximum atomic E-state index is 12.4. The molecule has 0 aromatic carbocycles. The van der Waals surface area contributed by atoms with Crippen LogP contribution in [0.15, 0.2) is 0 Å². The molecule has 2 aliphatic rings. The average molecular weight is 263 g/mol. The molecule has 2 rings (SSSR count). The Morgan fingerprint density at radius 2 is 2.00 bits per heavy atom. The van der Waals surface area contributed by atoms with Gasteiger partial charge in [0.2, 0.25) is 11.8 Å². The SMILES string of the molecule is C[C@@H](C(=O)N1CCC(C)(C#N)CC1)N1CCCC1=O. The van der Waals surface area contributed by atoms with E-state index < -0.39 is 0 Å². The summed E-state index contributed by atoms with van der Waals surface area (Å²) >= 11 is 0. The summed E-state index contributed by atoms with van der Waals surface area (Å²) in [5.74, 6) is 0.106. The van der Waals surface area contributed by atoms with Gasteiger partial charge in [-0.15, -0.1) is 0 Å². The topological polar surface area (TPSA) is 64.4 Å². The minimum Gasteiger partial charge on any atom is -0.341 e. The molecule has 0 aliphatic carbocycles. The predicted molar refractivity (Wildman–Crippen MR) is 69.9 cm³/mol. The lowest BCUT2D eigenvalue weighted by Gasteiger charge is -2.37. The Hall–Kier alpha value is -1.57. The van der Waals surface area contributed by atoms with E-state index in [1.165, 1.54) is 0 Å². The molecule has 2 saturated heterocycles. The van der Waals surface area contributed by atoms with E-state index >= 15 is 0 Å². The molecule has 5 nitrogen and oxygen atoms in total. The van der Waals surface area contributed by atoms with E-state index in [-0.39, 0.29) is 23.3 Å². The van der Waals surface area contributed by atoms with Crippen LogP contribution in [0, 0.1) is 16.7 Å². The zero-order chi connectivity index (χ0) is 14.0. The Morgan fingerprint density at radius 1 is 1.37 bits per heavy atom. The second-order valence-corrected chi connectivity index (χ2v) is 5.86. The van der Waals surface area contributed by atoms with Crippen LogP contribution in [0.2, 0.25) is 0 Å². The van der Waals surface area contributed by atoms with Crippen LogP contribution in [0.1, 0.15) is 39.5 Å². The number of nitriles is 1. The number of piperidine rings is 1. The fraction of sp³-hybridized carbons (Fsp3) is 0.786. The average Bonchev–Trinajstić information content (AvgIpc) is 2.84. The number of carbonyl (C=O) groups excluding carboxylic acids is 2. The molecular formula is C14H21N3O2. The van der Waals surface area contributed by atoms with Gasteiger partial charge in [-0.2, -0.15) is 5.26 Å². The second-order valence-electron chi connectivity index (χ2n) is 5.86. The first-order chi connectivity index (χ1) is 8.97. The molecule has 0 unspecified atom stereocenters. The van der Waals surface area contributed by atoms with Crippen molar-refractivity contribution in [2.45, 2.75) is 45.6 Å². The first-order valence-corrected chi connectivity index (χ1v) is 6.96. The summed E-state index contributed by atoms with van der Waals surface area (Å²) in [7, 11) is 0. The fourth-order valence-corrected chi connectivity index (χ4v) is 2.81. The van der Waals surface area contributed by atoms with Crippen LogP contribution < -0.4 is 0 Å². The van der Waals surface area contributed by atoms with Crippen LogP contribution in [0.5, 0.6) is 0 Å². The van der Waals surface area contributed by atoms with E-state index in [0.29, 0.717) is 26.1 Å². The second kappa shape index (κ2) is 5.20. The number of carbonyl (C=O) groups is 2. The maximum absolute atomic E-state index is 12.4. The summed E-state index contributed by atoms with van der Waals surface area (Å²) in [6.45, 7) is 5.69. The van der Waals surface area contributed by atoms with Gasteiger partial charge < -0.3 is 9.80 Å². The summed E-state index contributed by atoms with van der Waals surface area (Å²) in [4.78, 5) is 27.5. The zero-order valence-corrected chi connectivity index (χ0v) is 11.7. The lowest BCUT2D eigenvalue weighted by molar-refractivity contribution is -0.144. The van der Waals surface area contributed by atoms with Crippen LogP contribution in [0.4, 0.5) is 0 Å². The highest BCUT2D eigenvalue weighted by Crippen LogP contribution is 2.30. The molecule has 0 spiro atoms. The van der Waals surface area contributed by atoms with Crippen LogP contribution in [-0.2, 0) is 9.59 Å². The molecule has 0 bridgehead atoms. The van der Waals surface area contributed by atoms with Crippen molar-refractivity contribution in [3.05, 3.63) is 0 Å². The van der Waals surface area contributed by atoms with Gasteiger partial charge in [-0.1, -0.05) is 0 Å². The van der Waals surface area contributed by atoms with Gasteiger partial charge in [0.05, 0.1) is 11.5 Å². The Labute approximate surface area is 114 Å². The summed E-state index contributed by atoms with van der Waals surface area (Å²) in [6, 6.07) is 1.97. The minimum atomic E-state index is -0.360. The van der Waals surface area contributed by atoms with Crippen molar-refractivity contribution >= 4 is 11.8 Å². The molecule has 104 valence electrons. The number of nitrogens with zero attached hydrogens (tertiary/aromatic N) is 3. The molecule has 19 heavy (non-hydrogen) atoms. The van der Waals surface area contributed by atoms with Crippen molar-refractivity contribution in [1.82, 2.24) is 9.80 Å². The molecule has 0 saturated carbocycles. The lowest BCUT2D eigenvalue weighted by atomic mass is 9.82. The largest absolute Gasteiger partial charge is 0.341 e. The Morgan fingerprint density at radius 3 is 2.47 bits per heavy atom. The van der Waals surface area contributed by atoms with Gasteiger partial charge in [0.25, 0.3) is 0 Å². The molecule has 2 fully saturated rings. The van der Waals surface area contributed by atoms with Gasteiger partial charge in [0, 0.05) is 26.1 Å². The van der Waals surface area contributed by atoms with E-state index in [0.717, 1.165) is 19.3 Å². The molecule has 1 atom stereocenters. The lowest BCUT2D eigenvalue weighted by Crippen LogP contribution is -2.50. The quantitative estimate of drug-likeness (QED) is 0.750. The normalized spacial score (nSPS) is 24.2. The molecule has 0 aromatic heterocycles. The molecule has 2 aliphatic heterocycles.